The first-order chi connectivity index (χ1) is 4.65. The van der Waals surface area contributed by atoms with Crippen LogP contribution in [0.25, 0.3) is 0 Å². The van der Waals surface area contributed by atoms with Crippen LogP contribution in [-0.4, -0.2) is 19.8 Å². The van der Waals surface area contributed by atoms with Crippen LogP contribution in [0.15, 0.2) is 0 Å². The number of hydrogen-bond acceptors (Lipinski definition) is 1. The molecule has 1 N–H and O–H groups in total. The normalized spacial score (nSPS) is 34.7. The van der Waals surface area contributed by atoms with E-state index in [1.165, 1.54) is 25.8 Å². The first kappa shape index (κ1) is 8.12. The fourth-order valence-corrected chi connectivity index (χ4v) is 1.57. The molecule has 0 aromatic heterocycles. The molecular formula is C8H18BN. The molecule has 1 heterocycles. The molecule has 0 bridgehead atoms. The van der Waals surface area contributed by atoms with E-state index in [0.29, 0.717) is 5.44 Å². The predicted molar refractivity (Wildman–Crippen MR) is 48.0 cm³/mol. The van der Waals surface area contributed by atoms with Gasteiger partial charge in [-0.3, -0.25) is 0 Å². The van der Waals surface area contributed by atoms with E-state index >= 15 is 0 Å². The molecule has 1 nitrogen and oxygen atoms in total. The van der Waals surface area contributed by atoms with Crippen molar-refractivity contribution in [1.82, 2.24) is 5.32 Å². The van der Waals surface area contributed by atoms with Crippen LogP contribution in [0.3, 0.4) is 0 Å². The topological polar surface area (TPSA) is 12.0 Å². The molecule has 0 radical (unpaired) electrons. The summed E-state index contributed by atoms with van der Waals surface area (Å²) < 4.78 is 0. The van der Waals surface area contributed by atoms with Crippen LogP contribution >= 0.6 is 0 Å². The highest BCUT2D eigenvalue weighted by atomic mass is 15.0. The molecule has 58 valence electrons. The zero-order chi connectivity index (χ0) is 7.61. The van der Waals surface area contributed by atoms with Gasteiger partial charge in [-0.05, 0) is 30.7 Å². The second-order valence-electron chi connectivity index (χ2n) is 3.96. The Morgan fingerprint density at radius 2 is 2.10 bits per heavy atom. The van der Waals surface area contributed by atoms with Crippen LogP contribution in [0.2, 0.25) is 0 Å². The second-order valence-corrected chi connectivity index (χ2v) is 3.96. The van der Waals surface area contributed by atoms with Crippen molar-refractivity contribution in [2.24, 2.45) is 5.92 Å². The van der Waals surface area contributed by atoms with Crippen molar-refractivity contribution in [3.05, 3.63) is 0 Å². The molecule has 1 aliphatic heterocycles. The molecule has 2 heteroatoms. The van der Waals surface area contributed by atoms with Crippen molar-refractivity contribution in [3.8, 4) is 0 Å². The molecule has 0 aromatic carbocycles. The molecule has 1 rings (SSSR count). The average Bonchev–Trinajstić information content (AvgIpc) is 1.89. The van der Waals surface area contributed by atoms with Crippen molar-refractivity contribution in [3.63, 3.8) is 0 Å². The van der Waals surface area contributed by atoms with Crippen molar-refractivity contribution >= 4 is 7.85 Å². The first-order valence-corrected chi connectivity index (χ1v) is 4.40. The van der Waals surface area contributed by atoms with Gasteiger partial charge in [-0.25, -0.2) is 0 Å². The zero-order valence-corrected chi connectivity index (χ0v) is 7.41. The summed E-state index contributed by atoms with van der Waals surface area (Å²) >= 11 is 0. The van der Waals surface area contributed by atoms with Gasteiger partial charge in [-0.2, -0.15) is 0 Å². The summed E-state index contributed by atoms with van der Waals surface area (Å²) in [6, 6.07) is 0. The van der Waals surface area contributed by atoms with Crippen molar-refractivity contribution in [2.75, 3.05) is 6.54 Å². The van der Waals surface area contributed by atoms with Crippen LogP contribution in [0, 0.1) is 5.92 Å². The van der Waals surface area contributed by atoms with Crippen molar-refractivity contribution in [2.45, 2.75) is 38.5 Å². The molecule has 0 amide bonds. The van der Waals surface area contributed by atoms with Crippen molar-refractivity contribution < 1.29 is 0 Å². The summed E-state index contributed by atoms with van der Waals surface area (Å²) in [5.41, 5.74) is 0.429. The number of nitrogens with one attached hydrogen (secondary N) is 1. The monoisotopic (exact) mass is 139 g/mol. The van der Waals surface area contributed by atoms with Crippen LogP contribution < -0.4 is 5.32 Å². The predicted octanol–water partition coefficient (Wildman–Crippen LogP) is 0.745. The minimum Gasteiger partial charge on any atom is -0.319 e. The highest BCUT2D eigenvalue weighted by Crippen LogP contribution is 2.23. The lowest BCUT2D eigenvalue weighted by molar-refractivity contribution is 0.280. The Balaban J connectivity index is 2.48. The van der Waals surface area contributed by atoms with Crippen LogP contribution in [0.5, 0.6) is 0 Å². The molecule has 0 aromatic rings. The van der Waals surface area contributed by atoms with E-state index in [1.54, 1.807) is 0 Å². The molecule has 1 saturated heterocycles. The van der Waals surface area contributed by atoms with Gasteiger partial charge in [-0.15, -0.1) is 0 Å². The van der Waals surface area contributed by atoms with E-state index in [1.807, 2.05) is 0 Å². The minimum atomic E-state index is 0.429. The fourth-order valence-electron chi connectivity index (χ4n) is 1.57. The molecular weight excluding hydrogens is 121 g/mol. The summed E-state index contributed by atoms with van der Waals surface area (Å²) in [7, 11) is 2.34. The quantitative estimate of drug-likeness (QED) is 0.528. The van der Waals surface area contributed by atoms with Gasteiger partial charge in [0.1, 0.15) is 7.85 Å². The Hall–Kier alpha value is 0.0249. The Morgan fingerprint density at radius 3 is 2.40 bits per heavy atom. The zero-order valence-electron chi connectivity index (χ0n) is 7.41. The van der Waals surface area contributed by atoms with Gasteiger partial charge in [0.25, 0.3) is 0 Å². The lowest BCUT2D eigenvalue weighted by atomic mass is 9.65. The maximum atomic E-state index is 3.59. The Kier molecular flexibility index (Phi) is 2.40. The van der Waals surface area contributed by atoms with Gasteiger partial charge in [-0.1, -0.05) is 20.3 Å². The SMILES string of the molecule is B[C@@]1(C(C)C)CCCCN1. The Bertz CT molecular complexity index is 106. The molecule has 1 aliphatic rings. The van der Waals surface area contributed by atoms with Crippen LogP contribution in [-0.2, 0) is 0 Å². The summed E-state index contributed by atoms with van der Waals surface area (Å²) in [5.74, 6) is 0.771. The maximum absolute atomic E-state index is 3.59. The largest absolute Gasteiger partial charge is 0.319 e. The number of piperidine rings is 1. The first-order valence-electron chi connectivity index (χ1n) is 4.40. The van der Waals surface area contributed by atoms with Crippen LogP contribution in [0.4, 0.5) is 0 Å². The summed E-state index contributed by atoms with van der Waals surface area (Å²) in [6.45, 7) is 5.82. The third-order valence-corrected chi connectivity index (χ3v) is 2.93. The van der Waals surface area contributed by atoms with Crippen molar-refractivity contribution in [1.29, 1.82) is 0 Å². The minimum absolute atomic E-state index is 0.429. The van der Waals surface area contributed by atoms with E-state index in [9.17, 15) is 0 Å². The molecule has 1 fully saturated rings. The molecule has 1 atom stereocenters. The van der Waals surface area contributed by atoms with E-state index in [2.05, 4.69) is 27.0 Å². The Morgan fingerprint density at radius 1 is 1.40 bits per heavy atom. The Labute approximate surface area is 65.0 Å². The van der Waals surface area contributed by atoms with Crippen LogP contribution in [0.1, 0.15) is 33.1 Å². The highest BCUT2D eigenvalue weighted by Gasteiger charge is 2.28. The van der Waals surface area contributed by atoms with Gasteiger partial charge >= 0.3 is 0 Å². The maximum Gasteiger partial charge on any atom is 0.127 e. The molecule has 10 heavy (non-hydrogen) atoms. The van der Waals surface area contributed by atoms with Gasteiger partial charge in [0.2, 0.25) is 0 Å². The average molecular weight is 139 g/mol. The van der Waals surface area contributed by atoms with E-state index in [-0.39, 0.29) is 0 Å². The lowest BCUT2D eigenvalue weighted by Gasteiger charge is -2.38. The summed E-state index contributed by atoms with van der Waals surface area (Å²) in [5, 5.41) is 3.59. The fraction of sp³-hybridized carbons (Fsp3) is 1.00. The molecule has 0 aliphatic carbocycles. The number of hydrogen-bond donors (Lipinski definition) is 1. The lowest BCUT2D eigenvalue weighted by Crippen LogP contribution is -2.52. The van der Waals surface area contributed by atoms with E-state index in [4.69, 9.17) is 0 Å². The standard InChI is InChI=1S/C8H18BN/c1-7(2)8(9)5-3-4-6-10-8/h7,10H,3-6,9H2,1-2H3/t8-/m0/s1. The molecule has 0 unspecified atom stereocenters. The summed E-state index contributed by atoms with van der Waals surface area (Å²) in [4.78, 5) is 0. The van der Waals surface area contributed by atoms with Gasteiger partial charge < -0.3 is 5.32 Å². The van der Waals surface area contributed by atoms with E-state index < -0.39 is 0 Å². The molecule has 0 saturated carbocycles. The van der Waals surface area contributed by atoms with E-state index in [0.717, 1.165) is 5.92 Å². The van der Waals surface area contributed by atoms with Gasteiger partial charge in [0.15, 0.2) is 0 Å². The highest BCUT2D eigenvalue weighted by molar-refractivity contribution is 6.15. The molecule has 0 spiro atoms. The second kappa shape index (κ2) is 2.95. The van der Waals surface area contributed by atoms with Gasteiger partial charge in [0, 0.05) is 0 Å². The smallest absolute Gasteiger partial charge is 0.127 e. The third-order valence-electron chi connectivity index (χ3n) is 2.93. The van der Waals surface area contributed by atoms with Gasteiger partial charge in [0.05, 0.1) is 0 Å². The number of rotatable bonds is 1. The summed E-state index contributed by atoms with van der Waals surface area (Å²) in [6.07, 6.45) is 4.12. The third kappa shape index (κ3) is 1.54.